The molecule has 0 fully saturated rings. The highest BCUT2D eigenvalue weighted by molar-refractivity contribution is 6.35. The lowest BCUT2D eigenvalue weighted by Crippen LogP contribution is -2.31. The Morgan fingerprint density at radius 3 is 2.78 bits per heavy atom. The van der Waals surface area contributed by atoms with Crippen molar-refractivity contribution in [3.05, 3.63) is 33.8 Å². The SMILES string of the molecule is C#CCCCC(Cc1ccc(Cl)cc1Cl)NCC. The van der Waals surface area contributed by atoms with E-state index < -0.39 is 0 Å². The van der Waals surface area contributed by atoms with E-state index >= 15 is 0 Å². The summed E-state index contributed by atoms with van der Waals surface area (Å²) >= 11 is 12.1. The maximum atomic E-state index is 6.19. The molecule has 0 aromatic heterocycles. The zero-order valence-electron chi connectivity index (χ0n) is 10.7. The molecule has 1 unspecified atom stereocenters. The highest BCUT2D eigenvalue weighted by Gasteiger charge is 2.10. The van der Waals surface area contributed by atoms with Gasteiger partial charge in [-0.25, -0.2) is 0 Å². The molecular weight excluding hydrogens is 265 g/mol. The second kappa shape index (κ2) is 8.43. The average Bonchev–Trinajstić information content (AvgIpc) is 2.33. The minimum Gasteiger partial charge on any atom is -0.314 e. The summed E-state index contributed by atoms with van der Waals surface area (Å²) < 4.78 is 0. The summed E-state index contributed by atoms with van der Waals surface area (Å²) in [5.41, 5.74) is 1.13. The first-order chi connectivity index (χ1) is 8.67. The molecule has 0 spiro atoms. The molecule has 0 heterocycles. The van der Waals surface area contributed by atoms with Gasteiger partial charge < -0.3 is 5.32 Å². The van der Waals surface area contributed by atoms with Crippen LogP contribution in [0.3, 0.4) is 0 Å². The molecule has 0 saturated heterocycles. The van der Waals surface area contributed by atoms with Gasteiger partial charge in [0.1, 0.15) is 0 Å². The number of hydrogen-bond acceptors (Lipinski definition) is 1. The summed E-state index contributed by atoms with van der Waals surface area (Å²) in [7, 11) is 0. The first-order valence-corrected chi connectivity index (χ1v) is 7.03. The number of unbranched alkanes of at least 4 members (excludes halogenated alkanes) is 1. The van der Waals surface area contributed by atoms with Gasteiger partial charge in [0.05, 0.1) is 0 Å². The summed E-state index contributed by atoms with van der Waals surface area (Å²) in [6.07, 6.45) is 9.12. The standard InChI is InChI=1S/C15H19Cl2N/c1-3-5-6-7-14(18-4-2)10-12-8-9-13(16)11-15(12)17/h1,8-9,11,14,18H,4-7,10H2,2H3. The number of halogens is 2. The van der Waals surface area contributed by atoms with Crippen molar-refractivity contribution in [3.63, 3.8) is 0 Å². The van der Waals surface area contributed by atoms with Gasteiger partial charge in [-0.3, -0.25) is 0 Å². The molecule has 1 aromatic rings. The molecule has 98 valence electrons. The molecule has 0 saturated carbocycles. The highest BCUT2D eigenvalue weighted by atomic mass is 35.5. The van der Waals surface area contributed by atoms with Gasteiger partial charge in [0.25, 0.3) is 0 Å². The van der Waals surface area contributed by atoms with Crippen molar-refractivity contribution < 1.29 is 0 Å². The Balaban J connectivity index is 2.61. The van der Waals surface area contributed by atoms with Gasteiger partial charge in [0.15, 0.2) is 0 Å². The Bertz CT molecular complexity index is 409. The summed E-state index contributed by atoms with van der Waals surface area (Å²) in [5.74, 6) is 2.68. The summed E-state index contributed by atoms with van der Waals surface area (Å²) in [6, 6.07) is 6.09. The molecule has 18 heavy (non-hydrogen) atoms. The maximum Gasteiger partial charge on any atom is 0.0453 e. The van der Waals surface area contributed by atoms with Gasteiger partial charge in [-0.2, -0.15) is 0 Å². The molecule has 0 bridgehead atoms. The largest absolute Gasteiger partial charge is 0.314 e. The molecule has 0 aliphatic heterocycles. The predicted molar refractivity (Wildman–Crippen MR) is 80.3 cm³/mol. The molecule has 0 aliphatic carbocycles. The molecule has 0 amide bonds. The third-order valence-corrected chi connectivity index (χ3v) is 3.43. The lowest BCUT2D eigenvalue weighted by Gasteiger charge is -2.18. The van der Waals surface area contributed by atoms with Crippen LogP contribution in [0.5, 0.6) is 0 Å². The van der Waals surface area contributed by atoms with Gasteiger partial charge >= 0.3 is 0 Å². The van der Waals surface area contributed by atoms with E-state index in [1.54, 1.807) is 6.07 Å². The van der Waals surface area contributed by atoms with Crippen molar-refractivity contribution in [1.82, 2.24) is 5.32 Å². The molecule has 0 aliphatic rings. The Kier molecular flexibility index (Phi) is 7.20. The van der Waals surface area contributed by atoms with E-state index in [4.69, 9.17) is 29.6 Å². The van der Waals surface area contributed by atoms with Crippen LogP contribution in [0, 0.1) is 12.3 Å². The topological polar surface area (TPSA) is 12.0 Å². The van der Waals surface area contributed by atoms with E-state index in [1.165, 1.54) is 0 Å². The zero-order chi connectivity index (χ0) is 13.4. The van der Waals surface area contributed by atoms with Crippen LogP contribution in [-0.2, 0) is 6.42 Å². The van der Waals surface area contributed by atoms with Gasteiger partial charge in [0, 0.05) is 22.5 Å². The smallest absolute Gasteiger partial charge is 0.0453 e. The Morgan fingerprint density at radius 2 is 2.17 bits per heavy atom. The van der Waals surface area contributed by atoms with Gasteiger partial charge in [-0.1, -0.05) is 36.2 Å². The molecular formula is C15H19Cl2N. The third kappa shape index (κ3) is 5.31. The number of nitrogens with one attached hydrogen (secondary N) is 1. The quantitative estimate of drug-likeness (QED) is 0.581. The van der Waals surface area contributed by atoms with Crippen LogP contribution in [0.15, 0.2) is 18.2 Å². The van der Waals surface area contributed by atoms with Gasteiger partial charge in [0.2, 0.25) is 0 Å². The maximum absolute atomic E-state index is 6.19. The van der Waals surface area contributed by atoms with Crippen LogP contribution < -0.4 is 5.32 Å². The van der Waals surface area contributed by atoms with E-state index in [9.17, 15) is 0 Å². The fourth-order valence-electron chi connectivity index (χ4n) is 1.97. The van der Waals surface area contributed by atoms with Crippen LogP contribution in [-0.4, -0.2) is 12.6 Å². The molecule has 3 heteroatoms. The second-order valence-electron chi connectivity index (χ2n) is 4.29. The Morgan fingerprint density at radius 1 is 1.39 bits per heavy atom. The van der Waals surface area contributed by atoms with E-state index in [1.807, 2.05) is 12.1 Å². The van der Waals surface area contributed by atoms with Gasteiger partial charge in [-0.15, -0.1) is 12.3 Å². The summed E-state index contributed by atoms with van der Waals surface area (Å²) in [6.45, 7) is 3.06. The molecule has 1 nitrogen and oxygen atoms in total. The minimum absolute atomic E-state index is 0.419. The second-order valence-corrected chi connectivity index (χ2v) is 5.13. The molecule has 1 N–H and O–H groups in total. The molecule has 1 atom stereocenters. The number of likely N-dealkylation sites (N-methyl/N-ethyl adjacent to an activating group) is 1. The monoisotopic (exact) mass is 283 g/mol. The lowest BCUT2D eigenvalue weighted by molar-refractivity contribution is 0.479. The molecule has 1 rings (SSSR count). The fraction of sp³-hybridized carbons (Fsp3) is 0.467. The Hall–Kier alpha value is -0.680. The normalized spacial score (nSPS) is 12.1. The first-order valence-electron chi connectivity index (χ1n) is 6.28. The fourth-order valence-corrected chi connectivity index (χ4v) is 2.45. The van der Waals surface area contributed by atoms with Crippen molar-refractivity contribution in [1.29, 1.82) is 0 Å². The van der Waals surface area contributed by atoms with Crippen molar-refractivity contribution in [2.75, 3.05) is 6.54 Å². The van der Waals surface area contributed by atoms with E-state index in [-0.39, 0.29) is 0 Å². The number of terminal acetylenes is 1. The number of hydrogen-bond donors (Lipinski definition) is 1. The van der Waals surface area contributed by atoms with Crippen LogP contribution in [0.2, 0.25) is 10.0 Å². The highest BCUT2D eigenvalue weighted by Crippen LogP contribution is 2.23. The van der Waals surface area contributed by atoms with Crippen LogP contribution in [0.25, 0.3) is 0 Å². The van der Waals surface area contributed by atoms with E-state index in [0.29, 0.717) is 11.1 Å². The van der Waals surface area contributed by atoms with Gasteiger partial charge in [-0.05, 0) is 43.5 Å². The average molecular weight is 284 g/mol. The van der Waals surface area contributed by atoms with Crippen molar-refractivity contribution in [3.8, 4) is 12.3 Å². The lowest BCUT2D eigenvalue weighted by atomic mass is 10.0. The predicted octanol–water partition coefficient (Wildman–Crippen LogP) is 4.32. The van der Waals surface area contributed by atoms with Crippen LogP contribution in [0.1, 0.15) is 31.7 Å². The zero-order valence-corrected chi connectivity index (χ0v) is 12.2. The minimum atomic E-state index is 0.419. The third-order valence-electron chi connectivity index (χ3n) is 2.85. The van der Waals surface area contributed by atoms with Crippen molar-refractivity contribution in [2.24, 2.45) is 0 Å². The van der Waals surface area contributed by atoms with Crippen molar-refractivity contribution >= 4 is 23.2 Å². The summed E-state index contributed by atoms with van der Waals surface area (Å²) in [4.78, 5) is 0. The molecule has 1 aromatic carbocycles. The molecule has 0 radical (unpaired) electrons. The number of benzene rings is 1. The summed E-state index contributed by atoms with van der Waals surface area (Å²) in [5, 5.41) is 4.89. The first kappa shape index (κ1) is 15.4. The van der Waals surface area contributed by atoms with E-state index in [0.717, 1.165) is 42.8 Å². The Labute approximate surface area is 120 Å². The number of rotatable bonds is 7. The van der Waals surface area contributed by atoms with E-state index in [2.05, 4.69) is 18.2 Å². The van der Waals surface area contributed by atoms with Crippen molar-refractivity contribution in [2.45, 2.75) is 38.6 Å². The van der Waals surface area contributed by atoms with Crippen LogP contribution in [0.4, 0.5) is 0 Å². The van der Waals surface area contributed by atoms with Crippen LogP contribution >= 0.6 is 23.2 Å².